The van der Waals surface area contributed by atoms with Crippen molar-refractivity contribution in [1.82, 2.24) is 10.2 Å². The smallest absolute Gasteiger partial charge is 0.243 e. The Balaban J connectivity index is 3.02. The van der Waals surface area contributed by atoms with E-state index in [0.717, 1.165) is 12.0 Å². The van der Waals surface area contributed by atoms with Crippen molar-refractivity contribution < 1.29 is 9.59 Å². The SMILES string of the molecule is CCC(=O)N(Cc1ccc(Cl)c(Cl)c1)[C@@H](CC)C(=O)N[C@@H](C)CC. The zero-order valence-electron chi connectivity index (χ0n) is 14.7. The molecule has 24 heavy (non-hydrogen) atoms. The van der Waals surface area contributed by atoms with Crippen LogP contribution in [0.15, 0.2) is 18.2 Å². The summed E-state index contributed by atoms with van der Waals surface area (Å²) in [4.78, 5) is 26.6. The Kier molecular flexibility index (Phi) is 8.57. The number of hydrogen-bond acceptors (Lipinski definition) is 2. The van der Waals surface area contributed by atoms with E-state index in [9.17, 15) is 9.59 Å². The van der Waals surface area contributed by atoms with Gasteiger partial charge in [0.1, 0.15) is 6.04 Å². The van der Waals surface area contributed by atoms with Crippen LogP contribution in [0.2, 0.25) is 10.0 Å². The van der Waals surface area contributed by atoms with Crippen molar-refractivity contribution in [2.24, 2.45) is 0 Å². The highest BCUT2D eigenvalue weighted by Crippen LogP contribution is 2.24. The minimum absolute atomic E-state index is 0.0628. The first-order valence-electron chi connectivity index (χ1n) is 8.37. The molecule has 0 radical (unpaired) electrons. The molecule has 0 spiro atoms. The summed E-state index contributed by atoms with van der Waals surface area (Å²) in [5, 5.41) is 3.87. The van der Waals surface area contributed by atoms with Crippen LogP contribution in [0.3, 0.4) is 0 Å². The van der Waals surface area contributed by atoms with Crippen molar-refractivity contribution in [2.75, 3.05) is 0 Å². The van der Waals surface area contributed by atoms with Crippen LogP contribution < -0.4 is 5.32 Å². The average molecular weight is 373 g/mol. The molecule has 1 rings (SSSR count). The Morgan fingerprint density at radius 1 is 1.12 bits per heavy atom. The predicted octanol–water partition coefficient (Wildman–Crippen LogP) is 4.43. The van der Waals surface area contributed by atoms with Crippen LogP contribution in [0.25, 0.3) is 0 Å². The van der Waals surface area contributed by atoms with Gasteiger partial charge in [0.25, 0.3) is 0 Å². The average Bonchev–Trinajstić information content (AvgIpc) is 2.56. The number of nitrogens with zero attached hydrogens (tertiary/aromatic N) is 1. The number of nitrogens with one attached hydrogen (secondary N) is 1. The molecule has 2 amide bonds. The lowest BCUT2D eigenvalue weighted by molar-refractivity contribution is -0.141. The summed E-state index contributed by atoms with van der Waals surface area (Å²) >= 11 is 12.0. The fourth-order valence-electron chi connectivity index (χ4n) is 2.40. The Morgan fingerprint density at radius 2 is 1.79 bits per heavy atom. The summed E-state index contributed by atoms with van der Waals surface area (Å²) < 4.78 is 0. The first-order valence-corrected chi connectivity index (χ1v) is 9.13. The van der Waals surface area contributed by atoms with Crippen molar-refractivity contribution >= 4 is 35.0 Å². The van der Waals surface area contributed by atoms with Crippen molar-refractivity contribution in [3.8, 4) is 0 Å². The second-order valence-corrected chi connectivity index (χ2v) is 6.68. The van der Waals surface area contributed by atoms with Crippen molar-refractivity contribution in [2.45, 2.75) is 65.6 Å². The quantitative estimate of drug-likeness (QED) is 0.733. The number of carbonyl (C=O) groups excluding carboxylic acids is 2. The van der Waals surface area contributed by atoms with Crippen LogP contribution in [-0.2, 0) is 16.1 Å². The largest absolute Gasteiger partial charge is 0.352 e. The molecular weight excluding hydrogens is 347 g/mol. The highest BCUT2D eigenvalue weighted by Gasteiger charge is 2.28. The van der Waals surface area contributed by atoms with Gasteiger partial charge in [0, 0.05) is 19.0 Å². The van der Waals surface area contributed by atoms with E-state index in [0.29, 0.717) is 29.4 Å². The van der Waals surface area contributed by atoms with Crippen LogP contribution in [0.4, 0.5) is 0 Å². The fraction of sp³-hybridized carbons (Fsp3) is 0.556. The number of halogens is 2. The van der Waals surface area contributed by atoms with Gasteiger partial charge in [-0.2, -0.15) is 0 Å². The molecule has 0 bridgehead atoms. The highest BCUT2D eigenvalue weighted by atomic mass is 35.5. The van der Waals surface area contributed by atoms with Gasteiger partial charge in [-0.3, -0.25) is 9.59 Å². The summed E-state index contributed by atoms with van der Waals surface area (Å²) in [6, 6.07) is 4.84. The van der Waals surface area contributed by atoms with Gasteiger partial charge in [0.05, 0.1) is 10.0 Å². The van der Waals surface area contributed by atoms with Gasteiger partial charge in [-0.1, -0.05) is 50.0 Å². The molecule has 134 valence electrons. The molecule has 0 aliphatic heterocycles. The lowest BCUT2D eigenvalue weighted by Gasteiger charge is -2.31. The van der Waals surface area contributed by atoms with E-state index in [2.05, 4.69) is 5.32 Å². The Labute approximate surface area is 154 Å². The Morgan fingerprint density at radius 3 is 2.29 bits per heavy atom. The monoisotopic (exact) mass is 372 g/mol. The number of hydrogen-bond donors (Lipinski definition) is 1. The molecule has 2 atom stereocenters. The van der Waals surface area contributed by atoms with Gasteiger partial charge in [-0.05, 0) is 37.5 Å². The lowest BCUT2D eigenvalue weighted by atomic mass is 10.1. The normalized spacial score (nSPS) is 13.2. The molecule has 0 aliphatic carbocycles. The Bertz CT molecular complexity index is 578. The van der Waals surface area contributed by atoms with E-state index in [1.807, 2.05) is 26.8 Å². The molecule has 1 aromatic carbocycles. The van der Waals surface area contributed by atoms with Crippen LogP contribution in [0, 0.1) is 0 Å². The zero-order valence-corrected chi connectivity index (χ0v) is 16.2. The maximum atomic E-state index is 12.6. The third-order valence-corrected chi connectivity index (χ3v) is 4.77. The summed E-state index contributed by atoms with van der Waals surface area (Å²) in [7, 11) is 0. The summed E-state index contributed by atoms with van der Waals surface area (Å²) in [6.45, 7) is 8.00. The number of carbonyl (C=O) groups is 2. The predicted molar refractivity (Wildman–Crippen MR) is 99.3 cm³/mol. The molecule has 0 fully saturated rings. The molecule has 0 heterocycles. The first-order chi connectivity index (χ1) is 11.3. The Hall–Kier alpha value is -1.26. The van der Waals surface area contributed by atoms with Crippen molar-refractivity contribution in [3.05, 3.63) is 33.8 Å². The molecule has 6 heteroatoms. The van der Waals surface area contributed by atoms with Crippen LogP contribution >= 0.6 is 23.2 Å². The maximum absolute atomic E-state index is 12.6. The van der Waals surface area contributed by atoms with Gasteiger partial charge in [-0.25, -0.2) is 0 Å². The molecule has 0 aliphatic rings. The van der Waals surface area contributed by atoms with Crippen LogP contribution in [-0.4, -0.2) is 28.8 Å². The second-order valence-electron chi connectivity index (χ2n) is 5.87. The van der Waals surface area contributed by atoms with E-state index < -0.39 is 6.04 Å². The minimum Gasteiger partial charge on any atom is -0.352 e. The first kappa shape index (κ1) is 20.8. The van der Waals surface area contributed by atoms with E-state index in [-0.39, 0.29) is 17.9 Å². The van der Waals surface area contributed by atoms with Gasteiger partial charge < -0.3 is 10.2 Å². The number of benzene rings is 1. The number of rotatable bonds is 8. The van der Waals surface area contributed by atoms with E-state index in [1.165, 1.54) is 0 Å². The maximum Gasteiger partial charge on any atom is 0.243 e. The fourth-order valence-corrected chi connectivity index (χ4v) is 2.72. The molecule has 0 saturated carbocycles. The van der Waals surface area contributed by atoms with E-state index >= 15 is 0 Å². The van der Waals surface area contributed by atoms with Gasteiger partial charge in [0.2, 0.25) is 11.8 Å². The zero-order chi connectivity index (χ0) is 18.3. The topological polar surface area (TPSA) is 49.4 Å². The summed E-state index contributed by atoms with van der Waals surface area (Å²) in [5.41, 5.74) is 0.848. The molecule has 1 N–H and O–H groups in total. The second kappa shape index (κ2) is 9.90. The minimum atomic E-state index is -0.499. The van der Waals surface area contributed by atoms with E-state index in [4.69, 9.17) is 23.2 Å². The van der Waals surface area contributed by atoms with Crippen LogP contribution in [0.5, 0.6) is 0 Å². The molecule has 0 unspecified atom stereocenters. The molecule has 0 saturated heterocycles. The number of amides is 2. The van der Waals surface area contributed by atoms with Gasteiger partial charge in [-0.15, -0.1) is 0 Å². The van der Waals surface area contributed by atoms with Gasteiger partial charge in [0.15, 0.2) is 0 Å². The lowest BCUT2D eigenvalue weighted by Crippen LogP contribution is -2.50. The highest BCUT2D eigenvalue weighted by molar-refractivity contribution is 6.42. The summed E-state index contributed by atoms with van der Waals surface area (Å²) in [6.07, 6.45) is 1.74. The van der Waals surface area contributed by atoms with E-state index in [1.54, 1.807) is 24.0 Å². The van der Waals surface area contributed by atoms with Crippen LogP contribution in [0.1, 0.15) is 52.5 Å². The summed E-state index contributed by atoms with van der Waals surface area (Å²) in [5.74, 6) is -0.180. The van der Waals surface area contributed by atoms with Crippen molar-refractivity contribution in [3.63, 3.8) is 0 Å². The molecule has 1 aromatic rings. The third kappa shape index (κ3) is 5.67. The third-order valence-electron chi connectivity index (χ3n) is 4.03. The van der Waals surface area contributed by atoms with Gasteiger partial charge >= 0.3 is 0 Å². The van der Waals surface area contributed by atoms with Crippen molar-refractivity contribution in [1.29, 1.82) is 0 Å². The standard InChI is InChI=1S/C18H26Cl2N2O2/c1-5-12(4)21-18(24)16(6-2)22(17(23)7-3)11-13-8-9-14(19)15(20)10-13/h8-10,12,16H,5-7,11H2,1-4H3,(H,21,24)/t12-,16-/m0/s1. The molecule has 0 aromatic heterocycles. The molecular formula is C18H26Cl2N2O2. The molecule has 4 nitrogen and oxygen atoms in total.